The van der Waals surface area contributed by atoms with Crippen LogP contribution in [0.5, 0.6) is 0 Å². The molecule has 2 fully saturated rings. The highest BCUT2D eigenvalue weighted by molar-refractivity contribution is 4.78. The van der Waals surface area contributed by atoms with Gasteiger partial charge < -0.3 is 15.0 Å². The standard InChI is InChI=1S/C15H30N2O/c1-13(14-6-5-11-18-12-14)16-9-8-15-7-3-4-10-17(15)2/h13-16H,3-12H2,1-2H3/t13-,14+,15+/m0/s1. The Balaban J connectivity index is 1.61. The first-order valence-electron chi connectivity index (χ1n) is 7.78. The lowest BCUT2D eigenvalue weighted by atomic mass is 9.94. The van der Waals surface area contributed by atoms with Gasteiger partial charge in [-0.05, 0) is 65.1 Å². The molecule has 2 aliphatic rings. The molecule has 0 unspecified atom stereocenters. The first kappa shape index (κ1) is 14.3. The minimum absolute atomic E-state index is 0.610. The minimum Gasteiger partial charge on any atom is -0.381 e. The highest BCUT2D eigenvalue weighted by Crippen LogP contribution is 2.19. The molecule has 106 valence electrons. The van der Waals surface area contributed by atoms with Gasteiger partial charge in [-0.15, -0.1) is 0 Å². The summed E-state index contributed by atoms with van der Waals surface area (Å²) in [6.45, 7) is 6.70. The molecule has 0 amide bonds. The molecule has 2 aliphatic heterocycles. The Hall–Kier alpha value is -0.120. The lowest BCUT2D eigenvalue weighted by Crippen LogP contribution is -2.42. The quantitative estimate of drug-likeness (QED) is 0.814. The molecule has 0 saturated carbocycles. The maximum absolute atomic E-state index is 5.57. The number of hydrogen-bond donors (Lipinski definition) is 1. The van der Waals surface area contributed by atoms with Crippen LogP contribution in [0.2, 0.25) is 0 Å². The summed E-state index contributed by atoms with van der Waals surface area (Å²) >= 11 is 0. The Bertz CT molecular complexity index is 229. The Kier molecular flexibility index (Phi) is 5.93. The van der Waals surface area contributed by atoms with E-state index in [4.69, 9.17) is 4.74 Å². The van der Waals surface area contributed by atoms with E-state index in [1.165, 1.54) is 45.1 Å². The summed E-state index contributed by atoms with van der Waals surface area (Å²) in [7, 11) is 2.28. The van der Waals surface area contributed by atoms with Gasteiger partial charge >= 0.3 is 0 Å². The average Bonchev–Trinajstić information content (AvgIpc) is 2.42. The molecule has 2 rings (SSSR count). The Morgan fingerprint density at radius 3 is 2.89 bits per heavy atom. The SMILES string of the molecule is C[C@H](NCC[C@H]1CCCCN1C)[C@@H]1CCCOC1. The van der Waals surface area contributed by atoms with Crippen molar-refractivity contribution >= 4 is 0 Å². The largest absolute Gasteiger partial charge is 0.381 e. The smallest absolute Gasteiger partial charge is 0.0509 e. The second-order valence-electron chi connectivity index (χ2n) is 6.14. The summed E-state index contributed by atoms with van der Waals surface area (Å²) in [4.78, 5) is 2.54. The third kappa shape index (κ3) is 4.22. The summed E-state index contributed by atoms with van der Waals surface area (Å²) in [5.74, 6) is 0.725. The van der Waals surface area contributed by atoms with Gasteiger partial charge in [0.15, 0.2) is 0 Å². The molecule has 0 radical (unpaired) electrons. The predicted octanol–water partition coefficient (Wildman–Crippen LogP) is 2.27. The molecule has 0 spiro atoms. The van der Waals surface area contributed by atoms with E-state index < -0.39 is 0 Å². The second-order valence-corrected chi connectivity index (χ2v) is 6.14. The highest BCUT2D eigenvalue weighted by atomic mass is 16.5. The van der Waals surface area contributed by atoms with Crippen molar-refractivity contribution in [3.63, 3.8) is 0 Å². The van der Waals surface area contributed by atoms with Crippen molar-refractivity contribution in [1.82, 2.24) is 10.2 Å². The van der Waals surface area contributed by atoms with Crippen LogP contribution in [0, 0.1) is 5.92 Å². The maximum Gasteiger partial charge on any atom is 0.0509 e. The van der Waals surface area contributed by atoms with E-state index >= 15 is 0 Å². The molecule has 0 aromatic heterocycles. The van der Waals surface area contributed by atoms with Gasteiger partial charge in [-0.2, -0.15) is 0 Å². The molecular weight excluding hydrogens is 224 g/mol. The van der Waals surface area contributed by atoms with Crippen LogP contribution in [-0.4, -0.2) is 50.3 Å². The summed E-state index contributed by atoms with van der Waals surface area (Å²) in [5.41, 5.74) is 0. The van der Waals surface area contributed by atoms with Crippen LogP contribution >= 0.6 is 0 Å². The molecule has 3 atom stereocenters. The molecule has 18 heavy (non-hydrogen) atoms. The van der Waals surface area contributed by atoms with Crippen molar-refractivity contribution in [3.05, 3.63) is 0 Å². The molecule has 1 N–H and O–H groups in total. The van der Waals surface area contributed by atoms with Crippen molar-refractivity contribution in [1.29, 1.82) is 0 Å². The van der Waals surface area contributed by atoms with Crippen molar-refractivity contribution in [2.75, 3.05) is 33.4 Å². The van der Waals surface area contributed by atoms with E-state index in [9.17, 15) is 0 Å². The van der Waals surface area contributed by atoms with Gasteiger partial charge in [0.1, 0.15) is 0 Å². The number of hydrogen-bond acceptors (Lipinski definition) is 3. The third-order valence-electron chi connectivity index (χ3n) is 4.77. The monoisotopic (exact) mass is 254 g/mol. The van der Waals surface area contributed by atoms with Gasteiger partial charge in [0.25, 0.3) is 0 Å². The zero-order chi connectivity index (χ0) is 12.8. The van der Waals surface area contributed by atoms with Crippen LogP contribution in [-0.2, 0) is 4.74 Å². The molecule has 0 aliphatic carbocycles. The Morgan fingerprint density at radius 1 is 1.28 bits per heavy atom. The Labute approximate surface area is 112 Å². The van der Waals surface area contributed by atoms with Crippen LogP contribution < -0.4 is 5.32 Å². The third-order valence-corrected chi connectivity index (χ3v) is 4.77. The number of ether oxygens (including phenoxy) is 1. The molecule has 0 aromatic rings. The number of nitrogens with zero attached hydrogens (tertiary/aromatic N) is 1. The first-order valence-corrected chi connectivity index (χ1v) is 7.78. The van der Waals surface area contributed by atoms with Gasteiger partial charge in [0.2, 0.25) is 0 Å². The van der Waals surface area contributed by atoms with Crippen LogP contribution in [0.4, 0.5) is 0 Å². The number of piperidine rings is 1. The van der Waals surface area contributed by atoms with Crippen LogP contribution in [0.25, 0.3) is 0 Å². The Morgan fingerprint density at radius 2 is 2.17 bits per heavy atom. The van der Waals surface area contributed by atoms with E-state index in [1.54, 1.807) is 0 Å². The van der Waals surface area contributed by atoms with E-state index in [0.717, 1.165) is 31.7 Å². The van der Waals surface area contributed by atoms with E-state index in [-0.39, 0.29) is 0 Å². The average molecular weight is 254 g/mol. The lowest BCUT2D eigenvalue weighted by molar-refractivity contribution is 0.0415. The molecule has 3 heteroatoms. The molecule has 2 heterocycles. The van der Waals surface area contributed by atoms with Crippen molar-refractivity contribution in [3.8, 4) is 0 Å². The number of nitrogens with one attached hydrogen (secondary N) is 1. The topological polar surface area (TPSA) is 24.5 Å². The molecule has 0 bridgehead atoms. The molecule has 0 aromatic carbocycles. The van der Waals surface area contributed by atoms with Crippen LogP contribution in [0.1, 0.15) is 45.4 Å². The predicted molar refractivity (Wildman–Crippen MR) is 75.9 cm³/mol. The number of likely N-dealkylation sites (tertiary alicyclic amines) is 1. The summed E-state index contributed by atoms with van der Waals surface area (Å²) < 4.78 is 5.57. The minimum atomic E-state index is 0.610. The lowest BCUT2D eigenvalue weighted by Gasteiger charge is -2.33. The van der Waals surface area contributed by atoms with Crippen LogP contribution in [0.3, 0.4) is 0 Å². The van der Waals surface area contributed by atoms with Gasteiger partial charge in [0.05, 0.1) is 6.61 Å². The van der Waals surface area contributed by atoms with E-state index in [1.807, 2.05) is 0 Å². The fourth-order valence-corrected chi connectivity index (χ4v) is 3.31. The summed E-state index contributed by atoms with van der Waals surface area (Å²) in [5, 5.41) is 3.71. The fraction of sp³-hybridized carbons (Fsp3) is 1.00. The normalized spacial score (nSPS) is 32.3. The molecule has 2 saturated heterocycles. The molecular formula is C15H30N2O. The van der Waals surface area contributed by atoms with Gasteiger partial charge in [-0.1, -0.05) is 6.42 Å². The van der Waals surface area contributed by atoms with Crippen LogP contribution in [0.15, 0.2) is 0 Å². The zero-order valence-corrected chi connectivity index (χ0v) is 12.2. The van der Waals surface area contributed by atoms with E-state index in [2.05, 4.69) is 24.2 Å². The first-order chi connectivity index (χ1) is 8.77. The summed E-state index contributed by atoms with van der Waals surface area (Å²) in [6, 6.07) is 1.42. The number of rotatable bonds is 5. The van der Waals surface area contributed by atoms with Gasteiger partial charge in [0, 0.05) is 18.7 Å². The maximum atomic E-state index is 5.57. The zero-order valence-electron chi connectivity index (χ0n) is 12.2. The van der Waals surface area contributed by atoms with Crippen molar-refractivity contribution in [2.45, 2.75) is 57.5 Å². The van der Waals surface area contributed by atoms with Gasteiger partial charge in [-0.3, -0.25) is 0 Å². The van der Waals surface area contributed by atoms with E-state index in [0.29, 0.717) is 6.04 Å². The van der Waals surface area contributed by atoms with Crippen molar-refractivity contribution < 1.29 is 4.74 Å². The van der Waals surface area contributed by atoms with Gasteiger partial charge in [-0.25, -0.2) is 0 Å². The highest BCUT2D eigenvalue weighted by Gasteiger charge is 2.22. The summed E-state index contributed by atoms with van der Waals surface area (Å²) in [6.07, 6.45) is 8.06. The van der Waals surface area contributed by atoms with Crippen molar-refractivity contribution in [2.24, 2.45) is 5.92 Å². The fourth-order valence-electron chi connectivity index (χ4n) is 3.31. The second kappa shape index (κ2) is 7.46. The molecule has 3 nitrogen and oxygen atoms in total.